The fourth-order valence-electron chi connectivity index (χ4n) is 1.43. The number of hydrogen-bond donors (Lipinski definition) is 3. The van der Waals surface area contributed by atoms with Gasteiger partial charge in [-0.15, -0.1) is 0 Å². The van der Waals surface area contributed by atoms with E-state index in [1.807, 2.05) is 0 Å². The van der Waals surface area contributed by atoms with Crippen molar-refractivity contribution in [1.82, 2.24) is 0 Å². The fourth-order valence-corrected chi connectivity index (χ4v) is 1.43. The molecule has 5 heteroatoms. The first-order chi connectivity index (χ1) is 9.15. The molecule has 96 valence electrons. The summed E-state index contributed by atoms with van der Waals surface area (Å²) in [5.74, 6) is -0.756. The monoisotopic (exact) mass is 256 g/mol. The van der Waals surface area contributed by atoms with E-state index in [2.05, 4.69) is 10.5 Å². The highest BCUT2D eigenvalue weighted by atomic mass is 16.4. The van der Waals surface area contributed by atoms with E-state index >= 15 is 0 Å². The van der Waals surface area contributed by atoms with E-state index in [4.69, 9.17) is 10.2 Å². The minimum absolute atomic E-state index is 0.203. The van der Waals surface area contributed by atoms with Crippen LogP contribution in [0.25, 0.3) is 0 Å². The third-order valence-corrected chi connectivity index (χ3v) is 2.43. The molecule has 0 aliphatic rings. The molecule has 0 amide bonds. The molecule has 3 N–H and O–H groups in total. The predicted molar refractivity (Wildman–Crippen MR) is 72.7 cm³/mol. The number of nitrogens with zero attached hydrogens (tertiary/aromatic N) is 1. The summed E-state index contributed by atoms with van der Waals surface area (Å²) in [4.78, 5) is 10.7. The lowest BCUT2D eigenvalue weighted by Gasteiger charge is -2.00. The Bertz CT molecular complexity index is 589. The van der Waals surface area contributed by atoms with Crippen LogP contribution in [0.2, 0.25) is 0 Å². The third-order valence-electron chi connectivity index (χ3n) is 2.43. The lowest BCUT2D eigenvalue weighted by Crippen LogP contribution is -1.96. The summed E-state index contributed by atoms with van der Waals surface area (Å²) in [7, 11) is 0. The number of hydrogen-bond acceptors (Lipinski definition) is 4. The molecule has 0 spiro atoms. The fraction of sp³-hybridized carbons (Fsp3) is 0. The number of carboxylic acid groups (broad SMARTS) is 1. The Kier molecular flexibility index (Phi) is 3.78. The van der Waals surface area contributed by atoms with Crippen LogP contribution in [0.1, 0.15) is 15.9 Å². The zero-order valence-corrected chi connectivity index (χ0v) is 9.95. The molecule has 0 aliphatic heterocycles. The number of rotatable bonds is 4. The molecule has 0 atom stereocenters. The SMILES string of the molecule is O=C(O)c1ccc(NN=Cc2ccc(O)cc2)cc1. The maximum atomic E-state index is 10.7. The minimum Gasteiger partial charge on any atom is -0.508 e. The largest absolute Gasteiger partial charge is 0.508 e. The van der Waals surface area contributed by atoms with Crippen molar-refractivity contribution in [2.24, 2.45) is 5.10 Å². The Morgan fingerprint density at radius 2 is 1.68 bits per heavy atom. The van der Waals surface area contributed by atoms with Crippen LogP contribution < -0.4 is 5.43 Å². The Labute approximate surface area is 109 Å². The number of hydrazone groups is 1. The number of phenolic OH excluding ortho intramolecular Hbond substituents is 1. The highest BCUT2D eigenvalue weighted by Crippen LogP contribution is 2.10. The summed E-state index contributed by atoms with van der Waals surface area (Å²) >= 11 is 0. The standard InChI is InChI=1S/C14H12N2O3/c17-13-7-1-10(2-8-13)9-15-16-12-5-3-11(4-6-12)14(18)19/h1-9,16-17H,(H,18,19). The average Bonchev–Trinajstić information content (AvgIpc) is 2.41. The molecule has 0 unspecified atom stereocenters. The van der Waals surface area contributed by atoms with E-state index in [0.29, 0.717) is 5.69 Å². The molecule has 0 aliphatic carbocycles. The van der Waals surface area contributed by atoms with Crippen LogP contribution in [0.15, 0.2) is 53.6 Å². The molecule has 0 saturated carbocycles. The first kappa shape index (κ1) is 12.6. The van der Waals surface area contributed by atoms with Crippen molar-refractivity contribution < 1.29 is 15.0 Å². The second kappa shape index (κ2) is 5.68. The normalized spacial score (nSPS) is 10.5. The maximum absolute atomic E-state index is 10.7. The van der Waals surface area contributed by atoms with Gasteiger partial charge in [0.05, 0.1) is 17.5 Å². The number of aromatic carboxylic acids is 1. The summed E-state index contributed by atoms with van der Waals surface area (Å²) < 4.78 is 0. The number of phenols is 1. The second-order valence-electron chi connectivity index (χ2n) is 3.84. The molecule has 0 bridgehead atoms. The third kappa shape index (κ3) is 3.57. The molecule has 0 heterocycles. The lowest BCUT2D eigenvalue weighted by atomic mass is 10.2. The minimum atomic E-state index is -0.959. The van der Waals surface area contributed by atoms with Crippen LogP contribution in [-0.4, -0.2) is 22.4 Å². The molecular weight excluding hydrogens is 244 g/mol. The zero-order chi connectivity index (χ0) is 13.7. The van der Waals surface area contributed by atoms with E-state index in [1.165, 1.54) is 12.1 Å². The van der Waals surface area contributed by atoms with Gasteiger partial charge in [-0.1, -0.05) is 0 Å². The van der Waals surface area contributed by atoms with Crippen molar-refractivity contribution in [3.05, 3.63) is 59.7 Å². The van der Waals surface area contributed by atoms with Gasteiger partial charge < -0.3 is 10.2 Å². The lowest BCUT2D eigenvalue weighted by molar-refractivity contribution is 0.0697. The molecule has 2 aromatic carbocycles. The van der Waals surface area contributed by atoms with Gasteiger partial charge >= 0.3 is 5.97 Å². The number of carboxylic acids is 1. The molecule has 2 rings (SSSR count). The van der Waals surface area contributed by atoms with Crippen molar-refractivity contribution >= 4 is 17.9 Å². The van der Waals surface area contributed by atoms with Gasteiger partial charge in [0.2, 0.25) is 0 Å². The van der Waals surface area contributed by atoms with Gasteiger partial charge in [-0.3, -0.25) is 5.43 Å². The smallest absolute Gasteiger partial charge is 0.335 e. The number of nitrogens with one attached hydrogen (secondary N) is 1. The second-order valence-corrected chi connectivity index (χ2v) is 3.84. The number of aromatic hydroxyl groups is 1. The van der Waals surface area contributed by atoms with Crippen molar-refractivity contribution in [2.45, 2.75) is 0 Å². The molecular formula is C14H12N2O3. The van der Waals surface area contributed by atoms with E-state index < -0.39 is 5.97 Å². The van der Waals surface area contributed by atoms with Crippen molar-refractivity contribution in [1.29, 1.82) is 0 Å². The molecule has 0 saturated heterocycles. The van der Waals surface area contributed by atoms with Crippen LogP contribution in [0.3, 0.4) is 0 Å². The summed E-state index contributed by atoms with van der Waals surface area (Å²) in [5, 5.41) is 21.9. The van der Waals surface area contributed by atoms with Gasteiger partial charge in [0, 0.05) is 0 Å². The Balaban J connectivity index is 1.98. The van der Waals surface area contributed by atoms with Gasteiger partial charge in [0.1, 0.15) is 5.75 Å². The molecule has 2 aromatic rings. The summed E-state index contributed by atoms with van der Waals surface area (Å²) in [5.41, 5.74) is 4.55. The van der Waals surface area contributed by atoms with E-state index in [0.717, 1.165) is 5.56 Å². The molecule has 0 fully saturated rings. The van der Waals surface area contributed by atoms with Crippen LogP contribution in [-0.2, 0) is 0 Å². The van der Waals surface area contributed by atoms with Crippen molar-refractivity contribution in [3.8, 4) is 5.75 Å². The van der Waals surface area contributed by atoms with Crippen molar-refractivity contribution in [3.63, 3.8) is 0 Å². The van der Waals surface area contributed by atoms with Crippen LogP contribution in [0.4, 0.5) is 5.69 Å². The highest BCUT2D eigenvalue weighted by Gasteiger charge is 2.00. The molecule has 0 radical (unpaired) electrons. The van der Waals surface area contributed by atoms with Gasteiger partial charge in [-0.2, -0.15) is 5.10 Å². The van der Waals surface area contributed by atoms with Gasteiger partial charge in [0.15, 0.2) is 0 Å². The van der Waals surface area contributed by atoms with Crippen LogP contribution in [0, 0.1) is 0 Å². The van der Waals surface area contributed by atoms with Gasteiger partial charge in [-0.05, 0) is 54.1 Å². The zero-order valence-electron chi connectivity index (χ0n) is 9.95. The molecule has 5 nitrogen and oxygen atoms in total. The first-order valence-electron chi connectivity index (χ1n) is 5.56. The van der Waals surface area contributed by atoms with Gasteiger partial charge in [0.25, 0.3) is 0 Å². The number of anilines is 1. The van der Waals surface area contributed by atoms with E-state index in [-0.39, 0.29) is 11.3 Å². The summed E-state index contributed by atoms with van der Waals surface area (Å²) in [6.45, 7) is 0. The summed E-state index contributed by atoms with van der Waals surface area (Å²) in [6.07, 6.45) is 1.60. The topological polar surface area (TPSA) is 81.9 Å². The number of carbonyl (C=O) groups is 1. The van der Waals surface area contributed by atoms with E-state index in [9.17, 15) is 4.79 Å². The Morgan fingerprint density at radius 1 is 1.05 bits per heavy atom. The Hall–Kier alpha value is -2.82. The van der Waals surface area contributed by atoms with Crippen molar-refractivity contribution in [2.75, 3.05) is 5.43 Å². The van der Waals surface area contributed by atoms with Crippen LogP contribution in [0.5, 0.6) is 5.75 Å². The molecule has 19 heavy (non-hydrogen) atoms. The van der Waals surface area contributed by atoms with Crippen LogP contribution >= 0.6 is 0 Å². The first-order valence-corrected chi connectivity index (χ1v) is 5.56. The van der Waals surface area contributed by atoms with Gasteiger partial charge in [-0.25, -0.2) is 4.79 Å². The quantitative estimate of drug-likeness (QED) is 0.580. The predicted octanol–water partition coefficient (Wildman–Crippen LogP) is 2.54. The Morgan fingerprint density at radius 3 is 2.26 bits per heavy atom. The summed E-state index contributed by atoms with van der Waals surface area (Å²) in [6, 6.07) is 12.9. The average molecular weight is 256 g/mol. The highest BCUT2D eigenvalue weighted by molar-refractivity contribution is 5.88. The van der Waals surface area contributed by atoms with E-state index in [1.54, 1.807) is 42.6 Å². The maximum Gasteiger partial charge on any atom is 0.335 e. The number of benzene rings is 2. The molecule has 0 aromatic heterocycles.